The summed E-state index contributed by atoms with van der Waals surface area (Å²) in [6.07, 6.45) is -7.77. The lowest BCUT2D eigenvalue weighted by atomic mass is 10.1. The van der Waals surface area contributed by atoms with Gasteiger partial charge in [-0.15, -0.1) is 30.0 Å². The molecule has 0 atom stereocenters. The molecule has 0 aliphatic carbocycles. The standard InChI is InChI=1S/C18H13F6N3OS/c1-2-29-16-9-12(17(19,20)21)5-8-15(16)27-10-14(25-26-27)11-3-6-13(7-4-11)28-18(22,23)24/h3-10H,2H2,1H3. The molecule has 0 bridgehead atoms. The molecule has 1 aromatic heterocycles. The zero-order chi connectivity index (χ0) is 21.2. The van der Waals surface area contributed by atoms with E-state index in [-0.39, 0.29) is 5.75 Å². The van der Waals surface area contributed by atoms with Gasteiger partial charge >= 0.3 is 12.5 Å². The molecule has 0 saturated heterocycles. The molecular weight excluding hydrogens is 420 g/mol. The van der Waals surface area contributed by atoms with E-state index in [9.17, 15) is 26.3 Å². The first-order chi connectivity index (χ1) is 13.6. The van der Waals surface area contributed by atoms with Gasteiger partial charge in [-0.25, -0.2) is 4.68 Å². The third-order valence-electron chi connectivity index (χ3n) is 3.71. The molecule has 3 rings (SSSR count). The Bertz CT molecular complexity index is 982. The fourth-order valence-corrected chi connectivity index (χ4v) is 3.32. The third kappa shape index (κ3) is 5.22. The number of alkyl halides is 6. The summed E-state index contributed by atoms with van der Waals surface area (Å²) >= 11 is 1.23. The summed E-state index contributed by atoms with van der Waals surface area (Å²) in [6, 6.07) is 8.35. The van der Waals surface area contributed by atoms with Crippen LogP contribution >= 0.6 is 11.8 Å². The molecule has 0 saturated carbocycles. The fourth-order valence-electron chi connectivity index (χ4n) is 2.49. The van der Waals surface area contributed by atoms with Crippen LogP contribution in [0.3, 0.4) is 0 Å². The average molecular weight is 433 g/mol. The predicted molar refractivity (Wildman–Crippen MR) is 94.9 cm³/mol. The van der Waals surface area contributed by atoms with E-state index in [4.69, 9.17) is 0 Å². The van der Waals surface area contributed by atoms with E-state index in [0.717, 1.165) is 24.3 Å². The second-order valence-corrected chi connectivity index (χ2v) is 7.04. The molecule has 0 aliphatic rings. The van der Waals surface area contributed by atoms with E-state index in [1.165, 1.54) is 40.8 Å². The topological polar surface area (TPSA) is 39.9 Å². The van der Waals surface area contributed by atoms with Gasteiger partial charge in [0.05, 0.1) is 17.4 Å². The van der Waals surface area contributed by atoms with Crippen LogP contribution in [0.15, 0.2) is 53.6 Å². The molecule has 3 aromatic rings. The minimum Gasteiger partial charge on any atom is -0.406 e. The summed E-state index contributed by atoms with van der Waals surface area (Å²) in [5, 5.41) is 7.90. The van der Waals surface area contributed by atoms with Crippen molar-refractivity contribution in [3.05, 3.63) is 54.2 Å². The number of aromatic nitrogens is 3. The van der Waals surface area contributed by atoms with Gasteiger partial charge in [-0.1, -0.05) is 12.1 Å². The Hall–Kier alpha value is -2.69. The fraction of sp³-hybridized carbons (Fsp3) is 0.222. The normalized spacial score (nSPS) is 12.2. The van der Waals surface area contributed by atoms with Crippen LogP contribution in [0.5, 0.6) is 5.75 Å². The van der Waals surface area contributed by atoms with Crippen molar-refractivity contribution in [2.24, 2.45) is 0 Å². The summed E-state index contributed by atoms with van der Waals surface area (Å²) in [4.78, 5) is 0.382. The summed E-state index contributed by atoms with van der Waals surface area (Å²) in [5.41, 5.74) is 0.469. The van der Waals surface area contributed by atoms with Crippen molar-refractivity contribution < 1.29 is 31.1 Å². The minimum atomic E-state index is -4.79. The molecule has 2 aromatic carbocycles. The van der Waals surface area contributed by atoms with Gasteiger partial charge in [-0.3, -0.25) is 0 Å². The van der Waals surface area contributed by atoms with E-state index in [2.05, 4.69) is 15.0 Å². The van der Waals surface area contributed by atoms with Crippen molar-refractivity contribution in [2.75, 3.05) is 5.75 Å². The van der Waals surface area contributed by atoms with Crippen molar-refractivity contribution in [1.29, 1.82) is 0 Å². The first-order valence-electron chi connectivity index (χ1n) is 8.20. The smallest absolute Gasteiger partial charge is 0.406 e. The summed E-state index contributed by atoms with van der Waals surface area (Å²) in [7, 11) is 0. The molecule has 0 fully saturated rings. The van der Waals surface area contributed by atoms with Crippen molar-refractivity contribution >= 4 is 11.8 Å². The van der Waals surface area contributed by atoms with Gasteiger partial charge < -0.3 is 4.74 Å². The maximum absolute atomic E-state index is 13.0. The van der Waals surface area contributed by atoms with Crippen LogP contribution in [0.25, 0.3) is 16.9 Å². The zero-order valence-corrected chi connectivity index (χ0v) is 15.6. The highest BCUT2D eigenvalue weighted by atomic mass is 32.2. The molecule has 0 aliphatic heterocycles. The number of hydrogen-bond acceptors (Lipinski definition) is 4. The van der Waals surface area contributed by atoms with E-state index < -0.39 is 18.1 Å². The summed E-state index contributed by atoms with van der Waals surface area (Å²) < 4.78 is 80.8. The number of hydrogen-bond donors (Lipinski definition) is 0. The van der Waals surface area contributed by atoms with Crippen LogP contribution in [0.1, 0.15) is 12.5 Å². The highest BCUT2D eigenvalue weighted by Crippen LogP contribution is 2.35. The molecule has 29 heavy (non-hydrogen) atoms. The maximum Gasteiger partial charge on any atom is 0.573 e. The SMILES string of the molecule is CCSc1cc(C(F)(F)F)ccc1-n1cc(-c2ccc(OC(F)(F)F)cc2)nn1. The number of rotatable bonds is 5. The molecule has 0 amide bonds. The number of thioether (sulfide) groups is 1. The van der Waals surface area contributed by atoms with Gasteiger partial charge in [0.2, 0.25) is 0 Å². The first kappa shape index (κ1) is 21.0. The highest BCUT2D eigenvalue weighted by molar-refractivity contribution is 7.99. The van der Waals surface area contributed by atoms with E-state index >= 15 is 0 Å². The Morgan fingerprint density at radius 3 is 2.28 bits per heavy atom. The van der Waals surface area contributed by atoms with Crippen LogP contribution in [-0.4, -0.2) is 27.1 Å². The lowest BCUT2D eigenvalue weighted by Crippen LogP contribution is -2.16. The van der Waals surface area contributed by atoms with Crippen LogP contribution < -0.4 is 4.74 Å². The maximum atomic E-state index is 13.0. The average Bonchev–Trinajstić information content (AvgIpc) is 3.10. The van der Waals surface area contributed by atoms with Crippen LogP contribution in [0.4, 0.5) is 26.3 Å². The number of benzene rings is 2. The van der Waals surface area contributed by atoms with Gasteiger partial charge in [-0.05, 0) is 48.2 Å². The Morgan fingerprint density at radius 1 is 1.00 bits per heavy atom. The van der Waals surface area contributed by atoms with Gasteiger partial charge in [0.25, 0.3) is 0 Å². The lowest BCUT2D eigenvalue weighted by Gasteiger charge is -2.12. The molecule has 0 N–H and O–H groups in total. The molecule has 1 heterocycles. The highest BCUT2D eigenvalue weighted by Gasteiger charge is 2.32. The van der Waals surface area contributed by atoms with Crippen molar-refractivity contribution in [3.63, 3.8) is 0 Å². The lowest BCUT2D eigenvalue weighted by molar-refractivity contribution is -0.274. The minimum absolute atomic E-state index is 0.343. The monoisotopic (exact) mass is 433 g/mol. The van der Waals surface area contributed by atoms with Gasteiger partial charge in [0.1, 0.15) is 11.4 Å². The largest absolute Gasteiger partial charge is 0.573 e. The molecule has 0 radical (unpaired) electrons. The molecule has 4 nitrogen and oxygen atoms in total. The molecular formula is C18H13F6N3OS. The predicted octanol–water partition coefficient (Wildman–Crippen LogP) is 5.96. The second kappa shape index (κ2) is 7.97. The molecule has 0 spiro atoms. The molecule has 0 unspecified atom stereocenters. The second-order valence-electron chi connectivity index (χ2n) is 5.73. The Balaban J connectivity index is 1.90. The Kier molecular flexibility index (Phi) is 5.78. The van der Waals surface area contributed by atoms with Gasteiger partial charge in [0, 0.05) is 10.5 Å². The summed E-state index contributed by atoms with van der Waals surface area (Å²) in [6.45, 7) is 1.81. The summed E-state index contributed by atoms with van der Waals surface area (Å²) in [5.74, 6) is 0.175. The van der Waals surface area contributed by atoms with Crippen LogP contribution in [-0.2, 0) is 6.18 Å². The first-order valence-corrected chi connectivity index (χ1v) is 9.18. The van der Waals surface area contributed by atoms with E-state index in [1.54, 1.807) is 0 Å². The molecule has 11 heteroatoms. The molecule has 154 valence electrons. The van der Waals surface area contributed by atoms with Gasteiger partial charge in [-0.2, -0.15) is 13.2 Å². The van der Waals surface area contributed by atoms with Crippen molar-refractivity contribution in [1.82, 2.24) is 15.0 Å². The van der Waals surface area contributed by atoms with Crippen molar-refractivity contribution in [2.45, 2.75) is 24.4 Å². The number of halogens is 6. The van der Waals surface area contributed by atoms with E-state index in [0.29, 0.717) is 27.6 Å². The van der Waals surface area contributed by atoms with Gasteiger partial charge in [0.15, 0.2) is 0 Å². The van der Waals surface area contributed by atoms with E-state index in [1.807, 2.05) is 6.92 Å². The number of ether oxygens (including phenoxy) is 1. The number of nitrogens with zero attached hydrogens (tertiary/aromatic N) is 3. The zero-order valence-electron chi connectivity index (χ0n) is 14.8. The third-order valence-corrected chi connectivity index (χ3v) is 4.64. The Morgan fingerprint density at radius 2 is 1.69 bits per heavy atom. The van der Waals surface area contributed by atoms with Crippen LogP contribution in [0.2, 0.25) is 0 Å². The Labute approximate surface area is 165 Å². The quantitative estimate of drug-likeness (QED) is 0.368. The van der Waals surface area contributed by atoms with Crippen molar-refractivity contribution in [3.8, 4) is 22.7 Å². The van der Waals surface area contributed by atoms with Crippen LogP contribution in [0, 0.1) is 0 Å².